The van der Waals surface area contributed by atoms with Gasteiger partial charge in [0.05, 0.1) is 12.6 Å². The lowest BCUT2D eigenvalue weighted by atomic mass is 10.2. The lowest BCUT2D eigenvalue weighted by molar-refractivity contribution is 0.200. The molecule has 0 fully saturated rings. The summed E-state index contributed by atoms with van der Waals surface area (Å²) in [5.74, 6) is 1.50. The molecule has 2 heterocycles. The van der Waals surface area contributed by atoms with Gasteiger partial charge in [0.25, 0.3) is 0 Å². The highest BCUT2D eigenvalue weighted by Crippen LogP contribution is 2.13. The van der Waals surface area contributed by atoms with Gasteiger partial charge in [-0.3, -0.25) is 0 Å². The number of carbonyl (C=O) groups excluding carboxylic acids is 1. The Labute approximate surface area is 123 Å². The Hall–Kier alpha value is -2.31. The van der Waals surface area contributed by atoms with Crippen molar-refractivity contribution in [2.24, 2.45) is 0 Å². The molecule has 2 rings (SSSR count). The Balaban J connectivity index is 1.95. The minimum absolute atomic E-state index is 0.132. The van der Waals surface area contributed by atoms with Crippen molar-refractivity contribution in [3.8, 4) is 0 Å². The Morgan fingerprint density at radius 1 is 1.52 bits per heavy atom. The van der Waals surface area contributed by atoms with Crippen molar-refractivity contribution in [3.63, 3.8) is 0 Å². The summed E-state index contributed by atoms with van der Waals surface area (Å²) < 4.78 is 5.00. The van der Waals surface area contributed by atoms with E-state index in [0.29, 0.717) is 6.54 Å². The molecule has 114 valence electrons. The minimum atomic E-state index is -0.170. The Morgan fingerprint density at radius 2 is 2.29 bits per heavy atom. The first kappa shape index (κ1) is 15.1. The number of nitrogens with one attached hydrogen (secondary N) is 2. The number of aromatic nitrogens is 3. The van der Waals surface area contributed by atoms with Crippen molar-refractivity contribution < 1.29 is 9.32 Å². The lowest BCUT2D eigenvalue weighted by Crippen LogP contribution is -2.39. The second-order valence-corrected chi connectivity index (χ2v) is 5.15. The molecule has 0 bridgehead atoms. The molecule has 0 aromatic carbocycles. The third kappa shape index (κ3) is 3.84. The van der Waals surface area contributed by atoms with Crippen LogP contribution in [-0.2, 0) is 6.54 Å². The van der Waals surface area contributed by atoms with E-state index in [2.05, 4.69) is 20.4 Å². The summed E-state index contributed by atoms with van der Waals surface area (Å²) in [6.07, 6.45) is 2.52. The molecule has 0 radical (unpaired) electrons. The van der Waals surface area contributed by atoms with E-state index in [0.717, 1.165) is 29.4 Å². The summed E-state index contributed by atoms with van der Waals surface area (Å²) in [7, 11) is 1.72. The molecule has 0 unspecified atom stereocenters. The molecule has 0 saturated heterocycles. The van der Waals surface area contributed by atoms with Crippen molar-refractivity contribution in [1.82, 2.24) is 25.3 Å². The number of urea groups is 1. The molecule has 21 heavy (non-hydrogen) atoms. The number of aromatic amines is 1. The van der Waals surface area contributed by atoms with Gasteiger partial charge in [-0.25, -0.2) is 9.78 Å². The third-order valence-electron chi connectivity index (χ3n) is 3.18. The number of rotatable bonds is 5. The quantitative estimate of drug-likeness (QED) is 0.885. The molecule has 0 aliphatic carbocycles. The molecule has 2 aromatic heterocycles. The predicted octanol–water partition coefficient (Wildman–Crippen LogP) is 2.31. The van der Waals surface area contributed by atoms with Crippen LogP contribution in [0.5, 0.6) is 0 Å². The molecule has 2 N–H and O–H groups in total. The van der Waals surface area contributed by atoms with Gasteiger partial charge in [-0.15, -0.1) is 0 Å². The molecular formula is C14H21N5O2. The van der Waals surface area contributed by atoms with Crippen LogP contribution in [0.2, 0.25) is 0 Å². The summed E-state index contributed by atoms with van der Waals surface area (Å²) in [6, 6.07) is 1.51. The van der Waals surface area contributed by atoms with Crippen LogP contribution in [0.25, 0.3) is 0 Å². The maximum Gasteiger partial charge on any atom is 0.318 e. The number of hydrogen-bond acceptors (Lipinski definition) is 4. The number of nitrogens with zero attached hydrogens (tertiary/aromatic N) is 3. The van der Waals surface area contributed by atoms with Crippen LogP contribution in [0.15, 0.2) is 16.8 Å². The highest BCUT2D eigenvalue weighted by molar-refractivity contribution is 5.74. The van der Waals surface area contributed by atoms with E-state index in [1.54, 1.807) is 18.1 Å². The van der Waals surface area contributed by atoms with Gasteiger partial charge in [0.2, 0.25) is 0 Å². The van der Waals surface area contributed by atoms with Crippen LogP contribution in [0.4, 0.5) is 4.79 Å². The van der Waals surface area contributed by atoms with Crippen molar-refractivity contribution in [1.29, 1.82) is 0 Å². The Kier molecular flexibility index (Phi) is 4.62. The number of aryl methyl sites for hydroxylation is 2. The highest BCUT2D eigenvalue weighted by Gasteiger charge is 2.18. The number of amides is 2. The topological polar surface area (TPSA) is 87.1 Å². The molecule has 2 amide bonds. The van der Waals surface area contributed by atoms with Crippen molar-refractivity contribution in [3.05, 3.63) is 35.2 Å². The van der Waals surface area contributed by atoms with Crippen LogP contribution < -0.4 is 5.32 Å². The molecular weight excluding hydrogens is 270 g/mol. The van der Waals surface area contributed by atoms with Gasteiger partial charge in [-0.05, 0) is 20.3 Å². The second kappa shape index (κ2) is 6.43. The normalized spacial score (nSPS) is 12.2. The summed E-state index contributed by atoms with van der Waals surface area (Å²) >= 11 is 0. The molecule has 2 aromatic rings. The highest BCUT2D eigenvalue weighted by atomic mass is 16.5. The molecule has 0 aliphatic heterocycles. The molecule has 7 heteroatoms. The first-order chi connectivity index (χ1) is 9.99. The van der Waals surface area contributed by atoms with Gasteiger partial charge in [0.15, 0.2) is 0 Å². The average molecular weight is 291 g/mol. The van der Waals surface area contributed by atoms with Crippen LogP contribution in [0.3, 0.4) is 0 Å². The Bertz CT molecular complexity index is 604. The van der Waals surface area contributed by atoms with E-state index in [4.69, 9.17) is 4.52 Å². The Morgan fingerprint density at radius 3 is 2.81 bits per heavy atom. The zero-order valence-corrected chi connectivity index (χ0v) is 12.8. The first-order valence-electron chi connectivity index (χ1n) is 6.95. The predicted molar refractivity (Wildman–Crippen MR) is 77.6 cm³/mol. The maximum absolute atomic E-state index is 12.2. The zero-order valence-electron chi connectivity index (χ0n) is 12.8. The molecule has 0 saturated carbocycles. The van der Waals surface area contributed by atoms with E-state index >= 15 is 0 Å². The van der Waals surface area contributed by atoms with Gasteiger partial charge in [-0.2, -0.15) is 0 Å². The third-order valence-corrected chi connectivity index (χ3v) is 3.18. The number of hydrogen-bond donors (Lipinski definition) is 2. The number of carbonyl (C=O) groups is 1. The van der Waals surface area contributed by atoms with E-state index in [9.17, 15) is 4.79 Å². The van der Waals surface area contributed by atoms with Gasteiger partial charge in [0.1, 0.15) is 17.3 Å². The van der Waals surface area contributed by atoms with Gasteiger partial charge in [0, 0.05) is 25.0 Å². The fraction of sp³-hybridized carbons (Fsp3) is 0.500. The van der Waals surface area contributed by atoms with Crippen LogP contribution in [-0.4, -0.2) is 33.1 Å². The molecule has 0 spiro atoms. The van der Waals surface area contributed by atoms with Crippen molar-refractivity contribution in [2.45, 2.75) is 39.8 Å². The summed E-state index contributed by atoms with van der Waals surface area (Å²) in [6.45, 7) is 6.16. The first-order valence-corrected chi connectivity index (χ1v) is 6.95. The van der Waals surface area contributed by atoms with E-state index in [1.165, 1.54) is 0 Å². The zero-order chi connectivity index (χ0) is 15.4. The van der Waals surface area contributed by atoms with E-state index in [1.807, 2.05) is 26.8 Å². The number of imidazole rings is 1. The molecule has 0 aliphatic rings. The fourth-order valence-electron chi connectivity index (χ4n) is 2.04. The van der Waals surface area contributed by atoms with Gasteiger partial charge in [-0.1, -0.05) is 12.1 Å². The standard InChI is InChI=1S/C14H21N5O2/c1-5-12(13-15-7-9(2)16-13)17-14(20)19(4)8-11-6-10(3)21-18-11/h6-7,12H,5,8H2,1-4H3,(H,15,16)(H,17,20)/t12-/m0/s1. The largest absolute Gasteiger partial charge is 0.361 e. The van der Waals surface area contributed by atoms with Crippen molar-refractivity contribution in [2.75, 3.05) is 7.05 Å². The van der Waals surface area contributed by atoms with E-state index in [-0.39, 0.29) is 12.1 Å². The summed E-state index contributed by atoms with van der Waals surface area (Å²) in [5.41, 5.74) is 1.70. The molecule has 1 atom stereocenters. The lowest BCUT2D eigenvalue weighted by Gasteiger charge is -2.21. The van der Waals surface area contributed by atoms with Crippen LogP contribution in [0.1, 0.15) is 42.4 Å². The monoisotopic (exact) mass is 291 g/mol. The molecule has 7 nitrogen and oxygen atoms in total. The minimum Gasteiger partial charge on any atom is -0.361 e. The second-order valence-electron chi connectivity index (χ2n) is 5.15. The van der Waals surface area contributed by atoms with Crippen LogP contribution >= 0.6 is 0 Å². The van der Waals surface area contributed by atoms with Gasteiger partial charge < -0.3 is 19.7 Å². The van der Waals surface area contributed by atoms with Crippen molar-refractivity contribution >= 4 is 6.03 Å². The van der Waals surface area contributed by atoms with Crippen LogP contribution in [0, 0.1) is 13.8 Å². The summed E-state index contributed by atoms with van der Waals surface area (Å²) in [5, 5.41) is 6.84. The SMILES string of the molecule is CC[C@H](NC(=O)N(C)Cc1cc(C)on1)c1ncc(C)[nH]1. The number of H-pyrrole nitrogens is 1. The van der Waals surface area contributed by atoms with Gasteiger partial charge >= 0.3 is 6.03 Å². The average Bonchev–Trinajstić information content (AvgIpc) is 3.04. The fourth-order valence-corrected chi connectivity index (χ4v) is 2.04. The van der Waals surface area contributed by atoms with E-state index < -0.39 is 0 Å². The smallest absolute Gasteiger partial charge is 0.318 e. The maximum atomic E-state index is 12.2. The summed E-state index contributed by atoms with van der Waals surface area (Å²) in [4.78, 5) is 21.2.